The van der Waals surface area contributed by atoms with Crippen molar-refractivity contribution in [3.63, 3.8) is 0 Å². The average molecular weight is 772 g/mol. The maximum absolute atomic E-state index is 2.69. The van der Waals surface area contributed by atoms with Gasteiger partial charge in [0, 0.05) is 37.2 Å². The van der Waals surface area contributed by atoms with Crippen molar-refractivity contribution in [3.05, 3.63) is 151 Å². The second kappa shape index (κ2) is 12.9. The molecular weight excluding hydrogens is 719 g/mol. The Labute approximate surface area is 348 Å². The molecule has 7 aromatic rings. The van der Waals surface area contributed by atoms with Gasteiger partial charge in [0.25, 0.3) is 0 Å². The highest BCUT2D eigenvalue weighted by Gasteiger charge is 2.54. The second-order valence-corrected chi connectivity index (χ2v) is 21.3. The number of thiophene rings is 1. The summed E-state index contributed by atoms with van der Waals surface area (Å²) < 4.78 is 2.74. The Bertz CT molecular complexity index is 2500. The van der Waals surface area contributed by atoms with E-state index < -0.39 is 0 Å². The molecule has 0 saturated heterocycles. The van der Waals surface area contributed by atoms with Crippen molar-refractivity contribution in [2.45, 2.75) is 87.9 Å². The summed E-state index contributed by atoms with van der Waals surface area (Å²) in [7, 11) is 0. The Morgan fingerprint density at radius 2 is 0.776 bits per heavy atom. The zero-order valence-electron chi connectivity index (χ0n) is 33.6. The molecule has 8 aliphatic rings. The summed E-state index contributed by atoms with van der Waals surface area (Å²) in [5.74, 6) is 5.32. The number of hydrogen-bond acceptors (Lipinski definition) is 2. The lowest BCUT2D eigenvalue weighted by atomic mass is 9.47. The Hall–Kier alpha value is -4.66. The van der Waals surface area contributed by atoms with Crippen molar-refractivity contribution in [3.8, 4) is 22.3 Å². The lowest BCUT2D eigenvalue weighted by molar-refractivity contribution is -0.00500. The molecule has 0 atom stereocenters. The minimum atomic E-state index is 0.262. The standard InChI is InChI=1S/C56H53NS/c1-3-9-42(10-4-1)47-18-15-44(27-51(47)55-30-36-21-37(31-55)23-38(22-36)32-55)57(46-17-20-50-49-13-7-8-14-53(49)58-54(50)29-46)45-16-19-48(43-11-5-2-6-12-43)52(28-45)56-33-39-24-40(34-56)26-41(25-39)35-56/h1-20,27-29,36-41H,21-26,30-35H2. The van der Waals surface area contributed by atoms with Gasteiger partial charge in [-0.3, -0.25) is 0 Å². The van der Waals surface area contributed by atoms with Gasteiger partial charge in [0.05, 0.1) is 0 Å². The van der Waals surface area contributed by atoms with Crippen molar-refractivity contribution in [1.29, 1.82) is 0 Å². The summed E-state index contributed by atoms with van der Waals surface area (Å²) >= 11 is 1.94. The molecule has 0 N–H and O–H groups in total. The molecule has 1 heterocycles. The molecule has 1 aromatic heterocycles. The highest BCUT2D eigenvalue weighted by molar-refractivity contribution is 7.25. The summed E-state index contributed by atoms with van der Waals surface area (Å²) in [6, 6.07) is 54.4. The number of nitrogens with zero attached hydrogens (tertiary/aromatic N) is 1. The van der Waals surface area contributed by atoms with E-state index in [9.17, 15) is 0 Å². The van der Waals surface area contributed by atoms with Crippen molar-refractivity contribution in [2.24, 2.45) is 35.5 Å². The van der Waals surface area contributed by atoms with Gasteiger partial charge in [-0.1, -0.05) is 97.1 Å². The molecular formula is C56H53NS. The first-order chi connectivity index (χ1) is 28.5. The zero-order chi connectivity index (χ0) is 38.0. The summed E-state index contributed by atoms with van der Waals surface area (Å²) in [6.07, 6.45) is 16.9. The van der Waals surface area contributed by atoms with Gasteiger partial charge in [0.1, 0.15) is 0 Å². The van der Waals surface area contributed by atoms with Crippen LogP contribution in [0.25, 0.3) is 42.4 Å². The number of rotatable bonds is 7. The van der Waals surface area contributed by atoms with Gasteiger partial charge in [-0.05, 0) is 199 Å². The topological polar surface area (TPSA) is 3.24 Å². The molecule has 8 aliphatic carbocycles. The average Bonchev–Trinajstić information content (AvgIpc) is 3.61. The molecule has 288 valence electrons. The van der Waals surface area contributed by atoms with Crippen molar-refractivity contribution < 1.29 is 0 Å². The first-order valence-corrected chi connectivity index (χ1v) is 23.5. The van der Waals surface area contributed by atoms with Crippen molar-refractivity contribution in [1.82, 2.24) is 0 Å². The minimum Gasteiger partial charge on any atom is -0.310 e. The quantitative estimate of drug-likeness (QED) is 0.156. The van der Waals surface area contributed by atoms with Crippen LogP contribution in [0.1, 0.15) is 88.2 Å². The van der Waals surface area contributed by atoms with E-state index in [2.05, 4.69) is 144 Å². The molecule has 8 fully saturated rings. The number of fused-ring (bicyclic) bond motifs is 3. The summed E-state index contributed by atoms with van der Waals surface area (Å²) in [4.78, 5) is 2.67. The third-order valence-electron chi connectivity index (χ3n) is 16.5. The van der Waals surface area contributed by atoms with E-state index >= 15 is 0 Å². The Morgan fingerprint density at radius 1 is 0.379 bits per heavy atom. The molecule has 0 aliphatic heterocycles. The van der Waals surface area contributed by atoms with E-state index in [1.165, 1.54) is 137 Å². The second-order valence-electron chi connectivity index (χ2n) is 20.2. The molecule has 58 heavy (non-hydrogen) atoms. The van der Waals surface area contributed by atoms with Crippen molar-refractivity contribution >= 4 is 48.6 Å². The molecule has 0 unspecified atom stereocenters. The van der Waals surface area contributed by atoms with Crippen LogP contribution in [0.5, 0.6) is 0 Å². The van der Waals surface area contributed by atoms with Gasteiger partial charge < -0.3 is 4.90 Å². The molecule has 0 radical (unpaired) electrons. The van der Waals surface area contributed by atoms with Crippen LogP contribution in [0.2, 0.25) is 0 Å². The fourth-order valence-electron chi connectivity index (χ4n) is 15.1. The van der Waals surface area contributed by atoms with Crippen LogP contribution >= 0.6 is 11.3 Å². The highest BCUT2D eigenvalue weighted by Crippen LogP contribution is 2.64. The van der Waals surface area contributed by atoms with Crippen LogP contribution in [0.4, 0.5) is 17.1 Å². The van der Waals surface area contributed by atoms with Gasteiger partial charge in [-0.15, -0.1) is 11.3 Å². The van der Waals surface area contributed by atoms with Crippen LogP contribution in [0.15, 0.2) is 140 Å². The van der Waals surface area contributed by atoms with Gasteiger partial charge in [-0.25, -0.2) is 0 Å². The predicted octanol–water partition coefficient (Wildman–Crippen LogP) is 15.8. The van der Waals surface area contributed by atoms with E-state index in [0.717, 1.165) is 35.5 Å². The zero-order valence-corrected chi connectivity index (χ0v) is 34.4. The first kappa shape index (κ1) is 34.2. The van der Waals surface area contributed by atoms with Gasteiger partial charge >= 0.3 is 0 Å². The molecule has 6 aromatic carbocycles. The smallest absolute Gasteiger partial charge is 0.0476 e. The van der Waals surface area contributed by atoms with E-state index in [0.29, 0.717) is 0 Å². The first-order valence-electron chi connectivity index (χ1n) is 22.7. The van der Waals surface area contributed by atoms with E-state index in [1.807, 2.05) is 11.3 Å². The lowest BCUT2D eigenvalue weighted by Crippen LogP contribution is -2.48. The molecule has 8 bridgehead atoms. The van der Waals surface area contributed by atoms with Crippen LogP contribution in [0, 0.1) is 35.5 Å². The lowest BCUT2D eigenvalue weighted by Gasteiger charge is -2.57. The third-order valence-corrected chi connectivity index (χ3v) is 17.7. The Morgan fingerprint density at radius 3 is 1.26 bits per heavy atom. The normalized spacial score (nSPS) is 30.4. The minimum absolute atomic E-state index is 0.262. The summed E-state index contributed by atoms with van der Waals surface area (Å²) in [6.45, 7) is 0. The number of benzene rings is 6. The Kier molecular flexibility index (Phi) is 7.62. The monoisotopic (exact) mass is 771 g/mol. The highest BCUT2D eigenvalue weighted by atomic mass is 32.1. The van der Waals surface area contributed by atoms with Crippen molar-refractivity contribution in [2.75, 3.05) is 4.90 Å². The van der Waals surface area contributed by atoms with Crippen LogP contribution < -0.4 is 4.90 Å². The largest absolute Gasteiger partial charge is 0.310 e. The van der Waals surface area contributed by atoms with E-state index in [1.54, 1.807) is 11.1 Å². The SMILES string of the molecule is c1ccc(-c2ccc(N(c3ccc(-c4ccccc4)c(C45CC6CC(CC(C6)C4)C5)c3)c3ccc4c(c3)sc3ccccc34)cc2C23CC4CC(CC(C4)C2)C3)cc1. The summed E-state index contributed by atoms with van der Waals surface area (Å²) in [5, 5.41) is 2.74. The van der Waals surface area contributed by atoms with Gasteiger partial charge in [0.15, 0.2) is 0 Å². The van der Waals surface area contributed by atoms with Crippen LogP contribution in [-0.2, 0) is 10.8 Å². The Balaban J connectivity index is 1.04. The fourth-order valence-corrected chi connectivity index (χ4v) is 16.3. The van der Waals surface area contributed by atoms with E-state index in [4.69, 9.17) is 0 Å². The summed E-state index contributed by atoms with van der Waals surface area (Å²) in [5.41, 5.74) is 13.3. The van der Waals surface area contributed by atoms with Crippen LogP contribution in [-0.4, -0.2) is 0 Å². The number of hydrogen-bond donors (Lipinski definition) is 0. The molecule has 1 nitrogen and oxygen atoms in total. The van der Waals surface area contributed by atoms with Gasteiger partial charge in [0.2, 0.25) is 0 Å². The third kappa shape index (κ3) is 5.39. The molecule has 8 saturated carbocycles. The molecule has 0 amide bonds. The molecule has 0 spiro atoms. The maximum Gasteiger partial charge on any atom is 0.0476 e. The predicted molar refractivity (Wildman–Crippen MR) is 245 cm³/mol. The fraction of sp³-hybridized carbons (Fsp3) is 0.357. The van der Waals surface area contributed by atoms with E-state index in [-0.39, 0.29) is 10.8 Å². The molecule has 15 rings (SSSR count). The van der Waals surface area contributed by atoms with Gasteiger partial charge in [-0.2, -0.15) is 0 Å². The maximum atomic E-state index is 2.69. The molecule has 2 heteroatoms. The van der Waals surface area contributed by atoms with Crippen LogP contribution in [0.3, 0.4) is 0 Å². The number of anilines is 3.